The van der Waals surface area contributed by atoms with E-state index in [0.717, 1.165) is 32.1 Å². The summed E-state index contributed by atoms with van der Waals surface area (Å²) in [6.07, 6.45) is 1.69. The molecular weight excluding hydrogens is 299 g/mol. The van der Waals surface area contributed by atoms with E-state index in [2.05, 4.69) is 0 Å². The lowest BCUT2D eigenvalue weighted by Crippen LogP contribution is -2.28. The number of sulfonamides is 1. The van der Waals surface area contributed by atoms with Crippen LogP contribution < -0.4 is 9.88 Å². The summed E-state index contributed by atoms with van der Waals surface area (Å²) in [5.74, 6) is -1.92. The second kappa shape index (κ2) is 6.86. The molecule has 2 N–H and O–H groups in total. The minimum Gasteiger partial charge on any atom is -0.492 e. The molecule has 1 aromatic carbocycles. The number of nitrogens with two attached hydrogens (primary N) is 1. The second-order valence-electron chi connectivity index (χ2n) is 4.61. The Morgan fingerprint density at radius 2 is 2.05 bits per heavy atom. The molecule has 0 fully saturated rings. The van der Waals surface area contributed by atoms with Crippen LogP contribution in [0.2, 0.25) is 0 Å². The average Bonchev–Trinajstić information content (AvgIpc) is 2.41. The van der Waals surface area contributed by atoms with Crippen molar-refractivity contribution in [2.24, 2.45) is 5.14 Å². The van der Waals surface area contributed by atoms with Gasteiger partial charge in [0.2, 0.25) is 10.0 Å². The van der Waals surface area contributed by atoms with Crippen LogP contribution in [0.3, 0.4) is 0 Å². The first-order valence-corrected chi connectivity index (χ1v) is 7.92. The number of ether oxygens (including phenoxy) is 1. The van der Waals surface area contributed by atoms with Crippen LogP contribution in [0.1, 0.15) is 30.1 Å². The zero-order valence-electron chi connectivity index (χ0n) is 12.2. The first kappa shape index (κ1) is 17.4. The number of carbonyl (C=O) groups excluding carboxylic acids is 1. The van der Waals surface area contributed by atoms with Crippen molar-refractivity contribution in [1.29, 1.82) is 0 Å². The molecule has 8 heteroatoms. The van der Waals surface area contributed by atoms with Crippen LogP contribution in [0.4, 0.5) is 4.39 Å². The summed E-state index contributed by atoms with van der Waals surface area (Å²) in [4.78, 5) is 13.0. The number of primary sulfonamides is 1. The quantitative estimate of drug-likeness (QED) is 0.857. The number of unbranched alkanes of at least 4 members (excludes halogenated alkanes) is 1. The fraction of sp³-hybridized carbons (Fsp3) is 0.462. The number of rotatable bonds is 6. The molecule has 0 aliphatic heterocycles. The SMILES string of the molecule is CCCCN(C)C(=O)c1cc(F)c(OC)c(S(N)(=O)=O)c1. The second-order valence-corrected chi connectivity index (χ2v) is 6.14. The third kappa shape index (κ3) is 4.15. The van der Waals surface area contributed by atoms with Crippen molar-refractivity contribution in [3.05, 3.63) is 23.5 Å². The number of carbonyl (C=O) groups is 1. The largest absolute Gasteiger partial charge is 0.492 e. The first-order chi connectivity index (χ1) is 9.72. The molecule has 0 atom stereocenters. The first-order valence-electron chi connectivity index (χ1n) is 6.38. The molecule has 0 unspecified atom stereocenters. The fourth-order valence-corrected chi connectivity index (χ4v) is 2.55. The van der Waals surface area contributed by atoms with Gasteiger partial charge in [-0.2, -0.15) is 0 Å². The van der Waals surface area contributed by atoms with Gasteiger partial charge in [0.05, 0.1) is 7.11 Å². The summed E-state index contributed by atoms with van der Waals surface area (Å²) in [5.41, 5.74) is -0.0871. The number of methoxy groups -OCH3 is 1. The molecule has 21 heavy (non-hydrogen) atoms. The monoisotopic (exact) mass is 318 g/mol. The normalized spacial score (nSPS) is 11.3. The predicted molar refractivity (Wildman–Crippen MR) is 76.2 cm³/mol. The molecule has 0 aliphatic rings. The predicted octanol–water partition coefficient (Wildman–Crippen LogP) is 1.35. The van der Waals surface area contributed by atoms with Gasteiger partial charge in [0.1, 0.15) is 4.90 Å². The van der Waals surface area contributed by atoms with E-state index in [1.165, 1.54) is 4.90 Å². The smallest absolute Gasteiger partial charge is 0.253 e. The molecule has 0 radical (unpaired) electrons. The Balaban J connectivity index is 3.27. The van der Waals surface area contributed by atoms with E-state index < -0.39 is 32.4 Å². The van der Waals surface area contributed by atoms with Gasteiger partial charge in [0.15, 0.2) is 11.6 Å². The molecule has 1 rings (SSSR count). The van der Waals surface area contributed by atoms with Crippen molar-refractivity contribution >= 4 is 15.9 Å². The topological polar surface area (TPSA) is 89.7 Å². The van der Waals surface area contributed by atoms with Crippen LogP contribution >= 0.6 is 0 Å². The molecule has 0 aliphatic carbocycles. The fourth-order valence-electron chi connectivity index (χ4n) is 1.82. The maximum Gasteiger partial charge on any atom is 0.253 e. The number of hydrogen-bond acceptors (Lipinski definition) is 4. The molecule has 6 nitrogen and oxygen atoms in total. The highest BCUT2D eigenvalue weighted by molar-refractivity contribution is 7.89. The van der Waals surface area contributed by atoms with E-state index >= 15 is 0 Å². The lowest BCUT2D eigenvalue weighted by Gasteiger charge is -2.18. The zero-order valence-corrected chi connectivity index (χ0v) is 13.0. The van der Waals surface area contributed by atoms with Crippen molar-refractivity contribution in [2.45, 2.75) is 24.7 Å². The van der Waals surface area contributed by atoms with E-state index in [0.29, 0.717) is 6.54 Å². The number of benzene rings is 1. The molecule has 0 bridgehead atoms. The number of nitrogens with zero attached hydrogens (tertiary/aromatic N) is 1. The van der Waals surface area contributed by atoms with Gasteiger partial charge in [-0.3, -0.25) is 4.79 Å². The molecule has 0 aromatic heterocycles. The van der Waals surface area contributed by atoms with Gasteiger partial charge in [-0.25, -0.2) is 17.9 Å². The van der Waals surface area contributed by atoms with Gasteiger partial charge in [0.25, 0.3) is 5.91 Å². The van der Waals surface area contributed by atoms with Gasteiger partial charge in [-0.1, -0.05) is 13.3 Å². The van der Waals surface area contributed by atoms with Gasteiger partial charge in [0, 0.05) is 19.2 Å². The number of hydrogen-bond donors (Lipinski definition) is 1. The molecule has 0 heterocycles. The van der Waals surface area contributed by atoms with Crippen LogP contribution in [0.25, 0.3) is 0 Å². The van der Waals surface area contributed by atoms with Crippen molar-refractivity contribution in [2.75, 3.05) is 20.7 Å². The number of amides is 1. The van der Waals surface area contributed by atoms with Crippen molar-refractivity contribution in [1.82, 2.24) is 4.90 Å². The van der Waals surface area contributed by atoms with Crippen LogP contribution in [0.5, 0.6) is 5.75 Å². The lowest BCUT2D eigenvalue weighted by molar-refractivity contribution is 0.0792. The summed E-state index contributed by atoms with van der Waals surface area (Å²) in [6.45, 7) is 2.47. The Morgan fingerprint density at radius 3 is 2.52 bits per heavy atom. The molecule has 0 saturated carbocycles. The lowest BCUT2D eigenvalue weighted by atomic mass is 10.1. The minimum atomic E-state index is -4.20. The summed E-state index contributed by atoms with van der Waals surface area (Å²) < 4.78 is 41.6. The third-order valence-electron chi connectivity index (χ3n) is 2.96. The van der Waals surface area contributed by atoms with E-state index in [1.807, 2.05) is 6.92 Å². The van der Waals surface area contributed by atoms with E-state index in [-0.39, 0.29) is 5.56 Å². The Bertz CT molecular complexity index is 631. The van der Waals surface area contributed by atoms with E-state index in [4.69, 9.17) is 9.88 Å². The average molecular weight is 318 g/mol. The summed E-state index contributed by atoms with van der Waals surface area (Å²) in [6, 6.07) is 1.97. The molecule has 1 aromatic rings. The summed E-state index contributed by atoms with van der Waals surface area (Å²) in [5, 5.41) is 5.03. The van der Waals surface area contributed by atoms with Gasteiger partial charge in [-0.15, -0.1) is 0 Å². The molecule has 0 saturated heterocycles. The molecule has 0 spiro atoms. The van der Waals surface area contributed by atoms with Crippen LogP contribution in [0, 0.1) is 5.82 Å². The van der Waals surface area contributed by atoms with E-state index in [9.17, 15) is 17.6 Å². The Kier molecular flexibility index (Phi) is 5.68. The standard InChI is InChI=1S/C13H19FN2O4S/c1-4-5-6-16(2)13(17)9-7-10(14)12(20-3)11(8-9)21(15,18)19/h7-8H,4-6H2,1-3H3,(H2,15,18,19). The summed E-state index contributed by atoms with van der Waals surface area (Å²) in [7, 11) is -1.51. The Labute approximate surface area is 123 Å². The van der Waals surface area contributed by atoms with Crippen molar-refractivity contribution in [3.63, 3.8) is 0 Å². The van der Waals surface area contributed by atoms with Crippen LogP contribution in [-0.4, -0.2) is 39.9 Å². The maximum absolute atomic E-state index is 13.9. The zero-order chi connectivity index (χ0) is 16.2. The van der Waals surface area contributed by atoms with Crippen molar-refractivity contribution < 1.29 is 22.3 Å². The Morgan fingerprint density at radius 1 is 1.43 bits per heavy atom. The van der Waals surface area contributed by atoms with Gasteiger partial charge in [-0.05, 0) is 18.6 Å². The third-order valence-corrected chi connectivity index (χ3v) is 3.88. The van der Waals surface area contributed by atoms with Gasteiger partial charge < -0.3 is 9.64 Å². The highest BCUT2D eigenvalue weighted by Gasteiger charge is 2.23. The molecule has 118 valence electrons. The highest BCUT2D eigenvalue weighted by atomic mass is 32.2. The van der Waals surface area contributed by atoms with E-state index in [1.54, 1.807) is 7.05 Å². The Hall–Kier alpha value is -1.67. The maximum atomic E-state index is 13.9. The highest BCUT2D eigenvalue weighted by Crippen LogP contribution is 2.28. The van der Waals surface area contributed by atoms with Crippen molar-refractivity contribution in [3.8, 4) is 5.75 Å². The summed E-state index contributed by atoms with van der Waals surface area (Å²) >= 11 is 0. The molecule has 1 amide bonds. The number of halogens is 1. The minimum absolute atomic E-state index is 0.0871. The van der Waals surface area contributed by atoms with Gasteiger partial charge >= 0.3 is 0 Å². The van der Waals surface area contributed by atoms with Crippen LogP contribution in [-0.2, 0) is 10.0 Å². The van der Waals surface area contributed by atoms with Crippen LogP contribution in [0.15, 0.2) is 17.0 Å². The molecular formula is C13H19FN2O4S.